The molecule has 0 radical (unpaired) electrons. The van der Waals surface area contributed by atoms with Crippen molar-refractivity contribution in [2.75, 3.05) is 34.4 Å². The van der Waals surface area contributed by atoms with Gasteiger partial charge in [-0.15, -0.1) is 0 Å². The molecule has 35 heavy (non-hydrogen) atoms. The molecule has 0 aromatic heterocycles. The smallest absolute Gasteiger partial charge is 0.257 e. The van der Waals surface area contributed by atoms with E-state index in [4.69, 9.17) is 14.2 Å². The van der Waals surface area contributed by atoms with E-state index in [2.05, 4.69) is 10.2 Å². The number of fused-ring (bicyclic) bond motifs is 1. The van der Waals surface area contributed by atoms with Gasteiger partial charge in [0.15, 0.2) is 17.1 Å². The molecule has 1 saturated heterocycles. The molecule has 1 aliphatic heterocycles. The SMILES string of the molecule is COc1cc(CN2CC3C(C2)C3NC(=O)C(O)(c2ccccc2)C2CCCC2)cc(OC)c1OC. The number of benzene rings is 2. The summed E-state index contributed by atoms with van der Waals surface area (Å²) in [5.74, 6) is 2.49. The van der Waals surface area contributed by atoms with Crippen LogP contribution in [-0.2, 0) is 16.9 Å². The zero-order chi connectivity index (χ0) is 24.6. The van der Waals surface area contributed by atoms with Crippen molar-refractivity contribution >= 4 is 5.91 Å². The summed E-state index contributed by atoms with van der Waals surface area (Å²) in [5.41, 5.74) is 0.352. The molecule has 5 rings (SSSR count). The van der Waals surface area contributed by atoms with Gasteiger partial charge < -0.3 is 24.6 Å². The highest BCUT2D eigenvalue weighted by Gasteiger charge is 2.58. The van der Waals surface area contributed by atoms with Crippen LogP contribution in [0.15, 0.2) is 42.5 Å². The van der Waals surface area contributed by atoms with E-state index in [1.165, 1.54) is 0 Å². The number of likely N-dealkylation sites (tertiary alicyclic amines) is 1. The predicted octanol–water partition coefficient (Wildman–Crippen LogP) is 3.34. The first-order valence-corrected chi connectivity index (χ1v) is 12.6. The van der Waals surface area contributed by atoms with Crippen LogP contribution in [0.4, 0.5) is 0 Å². The summed E-state index contributed by atoms with van der Waals surface area (Å²) < 4.78 is 16.4. The zero-order valence-electron chi connectivity index (χ0n) is 20.8. The lowest BCUT2D eigenvalue weighted by molar-refractivity contribution is -0.147. The van der Waals surface area contributed by atoms with Crippen LogP contribution in [0.2, 0.25) is 0 Å². The first-order valence-electron chi connectivity index (χ1n) is 12.6. The van der Waals surface area contributed by atoms with Crippen molar-refractivity contribution in [2.45, 2.75) is 43.9 Å². The van der Waals surface area contributed by atoms with E-state index in [1.807, 2.05) is 42.5 Å². The van der Waals surface area contributed by atoms with E-state index < -0.39 is 5.60 Å². The number of rotatable bonds is 9. The largest absolute Gasteiger partial charge is 0.493 e. The minimum Gasteiger partial charge on any atom is -0.493 e. The first kappa shape index (κ1) is 23.9. The fourth-order valence-corrected chi connectivity index (χ4v) is 6.29. The van der Waals surface area contributed by atoms with Crippen molar-refractivity contribution in [2.24, 2.45) is 17.8 Å². The van der Waals surface area contributed by atoms with Gasteiger partial charge in [-0.05, 0) is 47.9 Å². The van der Waals surface area contributed by atoms with Crippen LogP contribution in [0.3, 0.4) is 0 Å². The summed E-state index contributed by atoms with van der Waals surface area (Å²) in [6, 6.07) is 13.6. The maximum absolute atomic E-state index is 13.5. The number of ether oxygens (including phenoxy) is 3. The van der Waals surface area contributed by atoms with Gasteiger partial charge in [0, 0.05) is 31.6 Å². The van der Waals surface area contributed by atoms with Crippen LogP contribution in [0, 0.1) is 17.8 Å². The molecular formula is C28H36N2O5. The van der Waals surface area contributed by atoms with Crippen LogP contribution in [0.1, 0.15) is 36.8 Å². The van der Waals surface area contributed by atoms with Gasteiger partial charge in [0.05, 0.1) is 21.3 Å². The molecule has 7 nitrogen and oxygen atoms in total. The lowest BCUT2D eigenvalue weighted by Crippen LogP contribution is -2.50. The monoisotopic (exact) mass is 480 g/mol. The number of amides is 1. The van der Waals surface area contributed by atoms with Crippen molar-refractivity contribution in [3.63, 3.8) is 0 Å². The third-order valence-corrected chi connectivity index (χ3v) is 8.20. The fourth-order valence-electron chi connectivity index (χ4n) is 6.29. The number of nitrogens with one attached hydrogen (secondary N) is 1. The van der Waals surface area contributed by atoms with Gasteiger partial charge in [0.2, 0.25) is 5.75 Å². The van der Waals surface area contributed by atoms with Crippen LogP contribution >= 0.6 is 0 Å². The molecule has 7 heteroatoms. The van der Waals surface area contributed by atoms with Crippen LogP contribution in [0.25, 0.3) is 0 Å². The van der Waals surface area contributed by atoms with Gasteiger partial charge in [0.1, 0.15) is 0 Å². The van der Waals surface area contributed by atoms with Crippen LogP contribution in [0.5, 0.6) is 17.2 Å². The lowest BCUT2D eigenvalue weighted by atomic mass is 9.79. The van der Waals surface area contributed by atoms with Gasteiger partial charge >= 0.3 is 0 Å². The Bertz CT molecular complexity index is 1020. The number of methoxy groups -OCH3 is 3. The number of carbonyl (C=O) groups is 1. The van der Waals surface area contributed by atoms with Crippen molar-refractivity contribution in [3.8, 4) is 17.2 Å². The van der Waals surface area contributed by atoms with Crippen molar-refractivity contribution in [3.05, 3.63) is 53.6 Å². The molecule has 3 atom stereocenters. The van der Waals surface area contributed by atoms with E-state index in [0.29, 0.717) is 34.6 Å². The predicted molar refractivity (Wildman–Crippen MR) is 133 cm³/mol. The molecule has 0 bridgehead atoms. The Kier molecular flexibility index (Phi) is 6.64. The Balaban J connectivity index is 1.23. The van der Waals surface area contributed by atoms with Crippen LogP contribution < -0.4 is 19.5 Å². The number of hydrogen-bond acceptors (Lipinski definition) is 6. The van der Waals surface area contributed by atoms with Crippen molar-refractivity contribution in [1.29, 1.82) is 0 Å². The topological polar surface area (TPSA) is 80.3 Å². The molecule has 2 aromatic rings. The Morgan fingerprint density at radius 3 is 2.14 bits per heavy atom. The van der Waals surface area contributed by atoms with Crippen molar-refractivity contribution < 1.29 is 24.1 Å². The van der Waals surface area contributed by atoms with Gasteiger partial charge in [-0.1, -0.05) is 43.2 Å². The molecule has 188 valence electrons. The van der Waals surface area contributed by atoms with Crippen molar-refractivity contribution in [1.82, 2.24) is 10.2 Å². The number of aliphatic hydroxyl groups is 1. The highest BCUT2D eigenvalue weighted by atomic mass is 16.5. The summed E-state index contributed by atoms with van der Waals surface area (Å²) in [5, 5.41) is 15.0. The fraction of sp³-hybridized carbons (Fsp3) is 0.536. The van der Waals surface area contributed by atoms with E-state index >= 15 is 0 Å². The molecule has 1 heterocycles. The number of piperidine rings is 1. The van der Waals surface area contributed by atoms with E-state index in [9.17, 15) is 9.90 Å². The highest BCUT2D eigenvalue weighted by molar-refractivity contribution is 5.87. The molecule has 0 spiro atoms. The maximum Gasteiger partial charge on any atom is 0.257 e. The van der Waals surface area contributed by atoms with Gasteiger partial charge in [0.25, 0.3) is 5.91 Å². The molecule has 1 amide bonds. The summed E-state index contributed by atoms with van der Waals surface area (Å²) >= 11 is 0. The highest BCUT2D eigenvalue weighted by Crippen LogP contribution is 2.48. The van der Waals surface area contributed by atoms with Crippen LogP contribution in [-0.4, -0.2) is 56.4 Å². The standard InChI is InChI=1S/C28H36N2O5/c1-33-23-13-18(14-24(34-2)26(23)35-3)15-30-16-21-22(17-30)25(21)29-27(31)28(32,20-11-7-8-12-20)19-9-5-4-6-10-19/h4-6,9-10,13-14,20-22,25,32H,7-8,11-12,15-17H2,1-3H3,(H,29,31). The minimum absolute atomic E-state index is 0.0278. The molecule has 3 fully saturated rings. The average Bonchev–Trinajstić information content (AvgIpc) is 3.28. The quantitative estimate of drug-likeness (QED) is 0.573. The molecule has 3 unspecified atom stereocenters. The van der Waals surface area contributed by atoms with E-state index in [0.717, 1.165) is 50.9 Å². The molecule has 2 aromatic carbocycles. The molecule has 3 aliphatic rings. The number of hydrogen-bond donors (Lipinski definition) is 2. The average molecular weight is 481 g/mol. The van der Waals surface area contributed by atoms with E-state index in [1.54, 1.807) is 21.3 Å². The third kappa shape index (κ3) is 4.36. The normalized spacial score (nSPS) is 25.5. The van der Waals surface area contributed by atoms with Gasteiger partial charge in [-0.3, -0.25) is 9.69 Å². The Labute approximate surface area is 207 Å². The second-order valence-electron chi connectivity index (χ2n) is 10.2. The molecule has 2 N–H and O–H groups in total. The second-order valence-corrected chi connectivity index (χ2v) is 10.2. The lowest BCUT2D eigenvalue weighted by Gasteiger charge is -2.33. The summed E-state index contributed by atoms with van der Waals surface area (Å²) in [6.45, 7) is 2.61. The minimum atomic E-state index is -1.45. The first-order chi connectivity index (χ1) is 17.0. The maximum atomic E-state index is 13.5. The summed E-state index contributed by atoms with van der Waals surface area (Å²) in [7, 11) is 4.86. The summed E-state index contributed by atoms with van der Waals surface area (Å²) in [4.78, 5) is 15.9. The zero-order valence-corrected chi connectivity index (χ0v) is 20.8. The molecular weight excluding hydrogens is 444 g/mol. The Morgan fingerprint density at radius 2 is 1.60 bits per heavy atom. The third-order valence-electron chi connectivity index (χ3n) is 8.20. The number of nitrogens with zero attached hydrogens (tertiary/aromatic N) is 1. The Morgan fingerprint density at radius 1 is 1.00 bits per heavy atom. The second kappa shape index (κ2) is 9.70. The number of carbonyl (C=O) groups excluding carboxylic acids is 1. The molecule has 2 saturated carbocycles. The molecule has 2 aliphatic carbocycles. The van der Waals surface area contributed by atoms with E-state index in [-0.39, 0.29) is 17.9 Å². The van der Waals surface area contributed by atoms with Gasteiger partial charge in [-0.2, -0.15) is 0 Å². The summed E-state index contributed by atoms with van der Waals surface area (Å²) in [6.07, 6.45) is 3.91. The van der Waals surface area contributed by atoms with Gasteiger partial charge in [-0.25, -0.2) is 0 Å². The Hall–Kier alpha value is -2.77.